The lowest BCUT2D eigenvalue weighted by Crippen LogP contribution is -2.39. The number of benzene rings is 1. The SMILES string of the molecule is Cc1cccc(SCC(Cc2nccn2C)NN)c1. The first-order chi connectivity index (χ1) is 9.19. The van der Waals surface area contributed by atoms with E-state index in [1.54, 1.807) is 0 Å². The van der Waals surface area contributed by atoms with Crippen LogP contribution in [0.4, 0.5) is 0 Å². The normalized spacial score (nSPS) is 12.6. The second-order valence-electron chi connectivity index (χ2n) is 4.65. The van der Waals surface area contributed by atoms with Gasteiger partial charge in [-0.2, -0.15) is 0 Å². The van der Waals surface area contributed by atoms with Crippen molar-refractivity contribution in [2.24, 2.45) is 12.9 Å². The van der Waals surface area contributed by atoms with Gasteiger partial charge in [0.25, 0.3) is 0 Å². The van der Waals surface area contributed by atoms with Crippen molar-refractivity contribution in [1.29, 1.82) is 0 Å². The third-order valence-corrected chi connectivity index (χ3v) is 4.18. The van der Waals surface area contributed by atoms with Crippen LogP contribution >= 0.6 is 11.8 Å². The monoisotopic (exact) mass is 276 g/mol. The summed E-state index contributed by atoms with van der Waals surface area (Å²) in [5, 5.41) is 0. The minimum absolute atomic E-state index is 0.214. The fraction of sp³-hybridized carbons (Fsp3) is 0.357. The Kier molecular flexibility index (Phi) is 5.01. The average molecular weight is 276 g/mol. The molecule has 0 fully saturated rings. The topological polar surface area (TPSA) is 55.9 Å². The van der Waals surface area contributed by atoms with Gasteiger partial charge in [0, 0.05) is 42.6 Å². The van der Waals surface area contributed by atoms with Crippen LogP contribution in [0.5, 0.6) is 0 Å². The van der Waals surface area contributed by atoms with Gasteiger partial charge < -0.3 is 4.57 Å². The summed E-state index contributed by atoms with van der Waals surface area (Å²) in [4.78, 5) is 5.61. The molecular formula is C14H20N4S. The Bertz CT molecular complexity index is 524. The molecule has 0 aliphatic heterocycles. The van der Waals surface area contributed by atoms with Crippen molar-refractivity contribution in [3.8, 4) is 0 Å². The first-order valence-electron chi connectivity index (χ1n) is 6.31. The molecule has 102 valence electrons. The number of hydrogen-bond acceptors (Lipinski definition) is 4. The molecule has 2 aromatic rings. The highest BCUT2D eigenvalue weighted by Crippen LogP contribution is 2.20. The molecule has 1 atom stereocenters. The smallest absolute Gasteiger partial charge is 0.110 e. The van der Waals surface area contributed by atoms with Crippen LogP contribution in [-0.2, 0) is 13.5 Å². The minimum Gasteiger partial charge on any atom is -0.338 e. The molecule has 5 heteroatoms. The van der Waals surface area contributed by atoms with Gasteiger partial charge in [-0.3, -0.25) is 11.3 Å². The zero-order valence-corrected chi connectivity index (χ0v) is 12.2. The van der Waals surface area contributed by atoms with Gasteiger partial charge in [0.2, 0.25) is 0 Å². The van der Waals surface area contributed by atoms with E-state index in [0.717, 1.165) is 18.0 Å². The molecule has 0 radical (unpaired) electrons. The van der Waals surface area contributed by atoms with Crippen LogP contribution in [0.1, 0.15) is 11.4 Å². The van der Waals surface area contributed by atoms with E-state index in [1.165, 1.54) is 10.5 Å². The summed E-state index contributed by atoms with van der Waals surface area (Å²) in [6, 6.07) is 8.73. The predicted molar refractivity (Wildman–Crippen MR) is 79.9 cm³/mol. The Labute approximate surface area is 118 Å². The Morgan fingerprint density at radius 1 is 1.47 bits per heavy atom. The molecule has 4 nitrogen and oxygen atoms in total. The summed E-state index contributed by atoms with van der Waals surface area (Å²) < 4.78 is 2.03. The molecular weight excluding hydrogens is 256 g/mol. The summed E-state index contributed by atoms with van der Waals surface area (Å²) in [6.45, 7) is 2.11. The number of aromatic nitrogens is 2. The van der Waals surface area contributed by atoms with E-state index in [-0.39, 0.29) is 6.04 Å². The second-order valence-corrected chi connectivity index (χ2v) is 5.74. The lowest BCUT2D eigenvalue weighted by Gasteiger charge is -2.15. The van der Waals surface area contributed by atoms with Gasteiger partial charge >= 0.3 is 0 Å². The molecule has 0 saturated heterocycles. The fourth-order valence-electron chi connectivity index (χ4n) is 1.88. The van der Waals surface area contributed by atoms with Crippen molar-refractivity contribution in [2.45, 2.75) is 24.3 Å². The molecule has 0 bridgehead atoms. The lowest BCUT2D eigenvalue weighted by molar-refractivity contribution is 0.552. The third-order valence-electron chi connectivity index (χ3n) is 3.03. The van der Waals surface area contributed by atoms with Gasteiger partial charge in [0.15, 0.2) is 0 Å². The van der Waals surface area contributed by atoms with Crippen molar-refractivity contribution < 1.29 is 0 Å². The zero-order valence-electron chi connectivity index (χ0n) is 11.3. The summed E-state index contributed by atoms with van der Waals surface area (Å²) in [7, 11) is 2.00. The van der Waals surface area contributed by atoms with Gasteiger partial charge in [0.05, 0.1) is 0 Å². The number of nitrogens with one attached hydrogen (secondary N) is 1. The maximum atomic E-state index is 5.63. The van der Waals surface area contributed by atoms with E-state index in [4.69, 9.17) is 5.84 Å². The Balaban J connectivity index is 1.91. The summed E-state index contributed by atoms with van der Waals surface area (Å²) >= 11 is 1.82. The Morgan fingerprint density at radius 2 is 2.32 bits per heavy atom. The number of hydrogen-bond donors (Lipinski definition) is 2. The van der Waals surface area contributed by atoms with Crippen molar-refractivity contribution in [2.75, 3.05) is 5.75 Å². The molecule has 1 aromatic heterocycles. The molecule has 1 unspecified atom stereocenters. The Hall–Kier alpha value is -1.30. The van der Waals surface area contributed by atoms with E-state index in [1.807, 2.05) is 35.8 Å². The third kappa shape index (κ3) is 4.09. The van der Waals surface area contributed by atoms with Crippen LogP contribution in [0.15, 0.2) is 41.6 Å². The van der Waals surface area contributed by atoms with Gasteiger partial charge in [-0.05, 0) is 19.1 Å². The summed E-state index contributed by atoms with van der Waals surface area (Å²) in [5.74, 6) is 7.61. The number of aryl methyl sites for hydroxylation is 2. The van der Waals surface area contributed by atoms with Crippen molar-refractivity contribution >= 4 is 11.8 Å². The molecule has 2 rings (SSSR count). The molecule has 0 saturated carbocycles. The largest absolute Gasteiger partial charge is 0.338 e. The van der Waals surface area contributed by atoms with Crippen LogP contribution in [0.2, 0.25) is 0 Å². The number of nitrogens with two attached hydrogens (primary N) is 1. The molecule has 0 spiro atoms. The number of hydrazine groups is 1. The molecule has 0 aliphatic rings. The van der Waals surface area contributed by atoms with Crippen molar-refractivity contribution in [1.82, 2.24) is 15.0 Å². The average Bonchev–Trinajstić information content (AvgIpc) is 2.80. The number of rotatable bonds is 6. The number of thioether (sulfide) groups is 1. The standard InChI is InChI=1S/C14H20N4S/c1-11-4-3-5-13(8-11)19-10-12(17-15)9-14-16-6-7-18(14)2/h3-8,12,17H,9-10,15H2,1-2H3. The summed E-state index contributed by atoms with van der Waals surface area (Å²) in [5.41, 5.74) is 4.16. The van der Waals surface area contributed by atoms with E-state index in [2.05, 4.69) is 41.6 Å². The van der Waals surface area contributed by atoms with Crippen molar-refractivity contribution in [3.05, 3.63) is 48.0 Å². The molecule has 1 heterocycles. The lowest BCUT2D eigenvalue weighted by atomic mass is 10.2. The highest BCUT2D eigenvalue weighted by molar-refractivity contribution is 7.99. The molecule has 0 amide bonds. The van der Waals surface area contributed by atoms with Gasteiger partial charge in [0.1, 0.15) is 5.82 Å². The molecule has 0 aliphatic carbocycles. The Morgan fingerprint density at radius 3 is 2.95 bits per heavy atom. The maximum Gasteiger partial charge on any atom is 0.110 e. The van der Waals surface area contributed by atoms with Crippen LogP contribution in [0.3, 0.4) is 0 Å². The molecule has 19 heavy (non-hydrogen) atoms. The first-order valence-corrected chi connectivity index (χ1v) is 7.29. The van der Waals surface area contributed by atoms with E-state index >= 15 is 0 Å². The van der Waals surface area contributed by atoms with E-state index in [0.29, 0.717) is 0 Å². The highest BCUT2D eigenvalue weighted by Gasteiger charge is 2.11. The van der Waals surface area contributed by atoms with Crippen LogP contribution in [0.25, 0.3) is 0 Å². The van der Waals surface area contributed by atoms with Crippen molar-refractivity contribution in [3.63, 3.8) is 0 Å². The highest BCUT2D eigenvalue weighted by atomic mass is 32.2. The number of imidazole rings is 1. The number of nitrogens with zero attached hydrogens (tertiary/aromatic N) is 2. The predicted octanol–water partition coefficient (Wildman–Crippen LogP) is 1.90. The van der Waals surface area contributed by atoms with Gasteiger partial charge in [-0.15, -0.1) is 11.8 Å². The van der Waals surface area contributed by atoms with Gasteiger partial charge in [-0.1, -0.05) is 17.7 Å². The quantitative estimate of drug-likeness (QED) is 0.481. The zero-order chi connectivity index (χ0) is 13.7. The fourth-order valence-corrected chi connectivity index (χ4v) is 2.93. The summed E-state index contributed by atoms with van der Waals surface area (Å²) in [6.07, 6.45) is 4.60. The van der Waals surface area contributed by atoms with Crippen LogP contribution in [-0.4, -0.2) is 21.3 Å². The maximum absolute atomic E-state index is 5.63. The van der Waals surface area contributed by atoms with Crippen LogP contribution < -0.4 is 11.3 Å². The minimum atomic E-state index is 0.214. The van der Waals surface area contributed by atoms with E-state index < -0.39 is 0 Å². The molecule has 1 aromatic carbocycles. The van der Waals surface area contributed by atoms with E-state index in [9.17, 15) is 0 Å². The second kappa shape index (κ2) is 6.75. The van der Waals surface area contributed by atoms with Gasteiger partial charge in [-0.25, -0.2) is 4.98 Å². The first kappa shape index (κ1) is 14.1. The molecule has 3 N–H and O–H groups in total. The van der Waals surface area contributed by atoms with Crippen LogP contribution in [0, 0.1) is 6.92 Å².